The second-order valence-corrected chi connectivity index (χ2v) is 7.02. The van der Waals surface area contributed by atoms with Gasteiger partial charge in [-0.05, 0) is 38.5 Å². The first-order valence-corrected chi connectivity index (χ1v) is 9.28. The van der Waals surface area contributed by atoms with Gasteiger partial charge in [0.1, 0.15) is 17.6 Å². The summed E-state index contributed by atoms with van der Waals surface area (Å²) in [5.41, 5.74) is 0. The van der Waals surface area contributed by atoms with Crippen molar-refractivity contribution in [1.29, 1.82) is 5.26 Å². The summed E-state index contributed by atoms with van der Waals surface area (Å²) >= 11 is 0. The number of aromatic nitrogens is 1. The number of hydrogen-bond acceptors (Lipinski definition) is 5. The van der Waals surface area contributed by atoms with E-state index in [4.69, 9.17) is 11.2 Å². The quantitative estimate of drug-likeness (QED) is 0.803. The van der Waals surface area contributed by atoms with Crippen LogP contribution in [0.25, 0.3) is 0 Å². The Morgan fingerprint density at radius 2 is 2.04 bits per heavy atom. The van der Waals surface area contributed by atoms with Gasteiger partial charge in [0.05, 0.1) is 37.2 Å². The molecular weight excluding hydrogens is 347 g/mol. The van der Waals surface area contributed by atoms with Gasteiger partial charge in [0.25, 0.3) is 0 Å². The summed E-state index contributed by atoms with van der Waals surface area (Å²) in [6, 6.07) is 3.00. The van der Waals surface area contributed by atoms with E-state index in [0.717, 1.165) is 31.9 Å². The zero-order valence-electron chi connectivity index (χ0n) is 15.1. The molecule has 142 valence electrons. The van der Waals surface area contributed by atoms with Crippen LogP contribution in [0.3, 0.4) is 0 Å². The number of nitriles is 1. The lowest BCUT2D eigenvalue weighted by molar-refractivity contribution is -0.131. The Bertz CT molecular complexity index is 727. The van der Waals surface area contributed by atoms with E-state index in [1.54, 1.807) is 4.90 Å². The molecule has 27 heavy (non-hydrogen) atoms. The largest absolute Gasteiger partial charge is 0.489 e. The van der Waals surface area contributed by atoms with E-state index in [-0.39, 0.29) is 30.6 Å². The molecule has 7 heteroatoms. The maximum absolute atomic E-state index is 13.2. The Labute approximate surface area is 158 Å². The highest BCUT2D eigenvalue weighted by Crippen LogP contribution is 2.25. The van der Waals surface area contributed by atoms with E-state index in [2.05, 4.69) is 22.3 Å². The van der Waals surface area contributed by atoms with E-state index >= 15 is 0 Å². The van der Waals surface area contributed by atoms with Crippen LogP contribution in [-0.4, -0.2) is 46.6 Å². The second-order valence-electron chi connectivity index (χ2n) is 7.02. The first-order chi connectivity index (χ1) is 13.1. The molecule has 6 nitrogen and oxygen atoms in total. The first-order valence-electron chi connectivity index (χ1n) is 9.28. The van der Waals surface area contributed by atoms with E-state index in [0.29, 0.717) is 18.6 Å². The van der Waals surface area contributed by atoms with Crippen molar-refractivity contribution < 1.29 is 13.9 Å². The van der Waals surface area contributed by atoms with Crippen LogP contribution in [0.4, 0.5) is 4.39 Å². The summed E-state index contributed by atoms with van der Waals surface area (Å²) < 4.78 is 19.0. The number of terminal acetylenes is 1. The van der Waals surface area contributed by atoms with Crippen LogP contribution in [0.15, 0.2) is 18.5 Å². The lowest BCUT2D eigenvalue weighted by Crippen LogP contribution is -2.47. The molecule has 1 saturated carbocycles. The van der Waals surface area contributed by atoms with Gasteiger partial charge in [-0.2, -0.15) is 5.26 Å². The van der Waals surface area contributed by atoms with Gasteiger partial charge in [-0.15, -0.1) is 6.42 Å². The molecule has 0 spiro atoms. The van der Waals surface area contributed by atoms with E-state index in [1.165, 1.54) is 12.3 Å². The van der Waals surface area contributed by atoms with Crippen molar-refractivity contribution in [2.24, 2.45) is 0 Å². The number of ether oxygens (including phenoxy) is 1. The van der Waals surface area contributed by atoms with Crippen molar-refractivity contribution in [1.82, 2.24) is 15.2 Å². The van der Waals surface area contributed by atoms with Crippen LogP contribution in [0.1, 0.15) is 38.5 Å². The summed E-state index contributed by atoms with van der Waals surface area (Å²) in [7, 11) is 0. The number of nitrogens with zero attached hydrogens (tertiary/aromatic N) is 3. The Morgan fingerprint density at radius 1 is 1.30 bits per heavy atom. The zero-order chi connectivity index (χ0) is 19.2. The van der Waals surface area contributed by atoms with Crippen LogP contribution in [0.5, 0.6) is 5.75 Å². The van der Waals surface area contributed by atoms with E-state index in [1.807, 2.05) is 0 Å². The number of carbonyl (C=O) groups is 1. The molecule has 1 saturated heterocycles. The molecule has 2 atom stereocenters. The summed E-state index contributed by atoms with van der Waals surface area (Å²) in [4.78, 5) is 17.8. The molecule has 3 rings (SSSR count). The molecule has 0 bridgehead atoms. The van der Waals surface area contributed by atoms with Crippen LogP contribution >= 0.6 is 0 Å². The fraction of sp³-hybridized carbons (Fsp3) is 0.550. The van der Waals surface area contributed by atoms with Gasteiger partial charge in [-0.25, -0.2) is 4.39 Å². The van der Waals surface area contributed by atoms with Crippen molar-refractivity contribution >= 4 is 5.91 Å². The maximum atomic E-state index is 13.2. The summed E-state index contributed by atoms with van der Waals surface area (Å²) in [6.45, 7) is 0.181. The molecule has 1 aromatic heterocycles. The normalized spacial score (nSPS) is 27.6. The zero-order valence-corrected chi connectivity index (χ0v) is 15.1. The molecule has 2 aliphatic rings. The molecular formula is C20H23FN4O2. The molecule has 1 aliphatic heterocycles. The number of hydrogen-bond donors (Lipinski definition) is 1. The van der Waals surface area contributed by atoms with Gasteiger partial charge >= 0.3 is 0 Å². The third-order valence-corrected chi connectivity index (χ3v) is 5.21. The topological polar surface area (TPSA) is 78.2 Å². The van der Waals surface area contributed by atoms with Gasteiger partial charge in [0.2, 0.25) is 5.91 Å². The van der Waals surface area contributed by atoms with Crippen molar-refractivity contribution in [2.75, 3.05) is 6.54 Å². The Kier molecular flexibility index (Phi) is 6.26. The van der Waals surface area contributed by atoms with Crippen LogP contribution < -0.4 is 10.1 Å². The summed E-state index contributed by atoms with van der Waals surface area (Å²) in [5, 5.41) is 12.5. The fourth-order valence-electron chi connectivity index (χ4n) is 3.81. The predicted octanol–water partition coefficient (Wildman–Crippen LogP) is 2.02. The van der Waals surface area contributed by atoms with E-state index in [9.17, 15) is 14.4 Å². The summed E-state index contributed by atoms with van der Waals surface area (Å²) in [6.07, 6.45) is 12.8. The SMILES string of the molecule is C#C[C@H]1CC[C@@H](C#N)N1C(=O)CNC1CCC(Oc2cncc(F)c2)CC1. The van der Waals surface area contributed by atoms with Crippen LogP contribution in [0.2, 0.25) is 0 Å². The highest BCUT2D eigenvalue weighted by molar-refractivity contribution is 5.80. The average Bonchev–Trinajstić information content (AvgIpc) is 3.10. The third kappa shape index (κ3) is 4.75. The molecule has 0 radical (unpaired) electrons. The molecule has 1 amide bonds. The summed E-state index contributed by atoms with van der Waals surface area (Å²) in [5.74, 6) is 2.52. The second kappa shape index (κ2) is 8.83. The molecule has 0 aromatic carbocycles. The standard InChI is InChI=1S/C20H23FN4O2/c1-2-16-5-6-17(10-22)25(16)20(26)13-24-15-3-7-18(8-4-15)27-19-9-14(21)11-23-12-19/h1,9,11-12,15-18,24H,3-8,13H2/t15?,16-,17-,18?/m0/s1. The van der Waals surface area contributed by atoms with Crippen molar-refractivity contribution in [3.8, 4) is 24.2 Å². The third-order valence-electron chi connectivity index (χ3n) is 5.21. The molecule has 2 heterocycles. The van der Waals surface area contributed by atoms with Crippen molar-refractivity contribution in [3.05, 3.63) is 24.3 Å². The number of carbonyl (C=O) groups excluding carboxylic acids is 1. The predicted molar refractivity (Wildman–Crippen MR) is 97.0 cm³/mol. The van der Waals surface area contributed by atoms with E-state index < -0.39 is 11.9 Å². The highest BCUT2D eigenvalue weighted by Gasteiger charge is 2.36. The van der Waals surface area contributed by atoms with Gasteiger partial charge in [-0.3, -0.25) is 9.78 Å². The Hall–Kier alpha value is -2.64. The van der Waals surface area contributed by atoms with Gasteiger partial charge in [-0.1, -0.05) is 5.92 Å². The lowest BCUT2D eigenvalue weighted by atomic mass is 9.93. The van der Waals surface area contributed by atoms with Crippen molar-refractivity contribution in [3.63, 3.8) is 0 Å². The minimum atomic E-state index is -0.427. The highest BCUT2D eigenvalue weighted by atomic mass is 19.1. The molecule has 0 unspecified atom stereocenters. The number of amides is 1. The molecule has 1 aliphatic carbocycles. The smallest absolute Gasteiger partial charge is 0.238 e. The molecule has 1 N–H and O–H groups in total. The van der Waals surface area contributed by atoms with Gasteiger partial charge in [0.15, 0.2) is 0 Å². The monoisotopic (exact) mass is 370 g/mol. The number of nitrogens with one attached hydrogen (secondary N) is 1. The minimum absolute atomic E-state index is 0.0229. The first kappa shape index (κ1) is 19.1. The van der Waals surface area contributed by atoms with Gasteiger partial charge in [0, 0.05) is 12.1 Å². The fourth-order valence-corrected chi connectivity index (χ4v) is 3.81. The number of likely N-dealkylation sites (tertiary alicyclic amines) is 1. The minimum Gasteiger partial charge on any atom is -0.489 e. The number of rotatable bonds is 5. The maximum Gasteiger partial charge on any atom is 0.238 e. The Balaban J connectivity index is 1.43. The molecule has 2 fully saturated rings. The average molecular weight is 370 g/mol. The number of pyridine rings is 1. The van der Waals surface area contributed by atoms with Crippen LogP contribution in [0, 0.1) is 29.5 Å². The van der Waals surface area contributed by atoms with Crippen molar-refractivity contribution in [2.45, 2.75) is 62.8 Å². The lowest BCUT2D eigenvalue weighted by Gasteiger charge is -2.30. The number of halogens is 1. The molecule has 1 aromatic rings. The van der Waals surface area contributed by atoms with Crippen LogP contribution in [-0.2, 0) is 4.79 Å². The van der Waals surface area contributed by atoms with Gasteiger partial charge < -0.3 is 15.0 Å². The Morgan fingerprint density at radius 3 is 2.70 bits per heavy atom.